The maximum absolute atomic E-state index is 10.2. The van der Waals surface area contributed by atoms with Crippen LogP contribution in [0, 0.1) is 0 Å². The predicted octanol–water partition coefficient (Wildman–Crippen LogP) is 4.75. The fourth-order valence-electron chi connectivity index (χ4n) is 2.06. The van der Waals surface area contributed by atoms with Crippen LogP contribution >= 0.6 is 34.5 Å². The van der Waals surface area contributed by atoms with Gasteiger partial charge in [-0.2, -0.15) is 0 Å². The van der Waals surface area contributed by atoms with E-state index in [2.05, 4.69) is 10.3 Å². The van der Waals surface area contributed by atoms with Crippen LogP contribution in [0.3, 0.4) is 0 Å². The molecule has 1 unspecified atom stereocenters. The summed E-state index contributed by atoms with van der Waals surface area (Å²) in [7, 11) is 0. The molecule has 0 amide bonds. The number of nitrogens with zero attached hydrogens (tertiary/aromatic N) is 1. The van der Waals surface area contributed by atoms with Crippen LogP contribution in [-0.2, 0) is 0 Å². The zero-order valence-electron chi connectivity index (χ0n) is 10.9. The second-order valence-electron chi connectivity index (χ2n) is 4.60. The summed E-state index contributed by atoms with van der Waals surface area (Å²) in [6.45, 7) is 0.352. The lowest BCUT2D eigenvalue weighted by atomic mass is 10.1. The van der Waals surface area contributed by atoms with E-state index in [0.717, 1.165) is 15.9 Å². The van der Waals surface area contributed by atoms with E-state index in [1.165, 1.54) is 0 Å². The number of anilines is 1. The number of rotatable bonds is 4. The lowest BCUT2D eigenvalue weighted by Crippen LogP contribution is -2.12. The smallest absolute Gasteiger partial charge is 0.0977 e. The molecule has 0 bridgehead atoms. The van der Waals surface area contributed by atoms with E-state index >= 15 is 0 Å². The summed E-state index contributed by atoms with van der Waals surface area (Å²) >= 11 is 13.6. The lowest BCUT2D eigenvalue weighted by Gasteiger charge is -2.15. The molecular weight excluding hydrogens is 327 g/mol. The van der Waals surface area contributed by atoms with Crippen molar-refractivity contribution in [1.82, 2.24) is 4.98 Å². The van der Waals surface area contributed by atoms with Crippen LogP contribution in [0.4, 0.5) is 5.69 Å². The van der Waals surface area contributed by atoms with Gasteiger partial charge in [0.1, 0.15) is 0 Å². The molecule has 3 rings (SSSR count). The fraction of sp³-hybridized carbons (Fsp3) is 0.133. The second kappa shape index (κ2) is 6.20. The van der Waals surface area contributed by atoms with E-state index in [-0.39, 0.29) is 0 Å². The molecule has 1 atom stereocenters. The molecule has 0 aliphatic heterocycles. The van der Waals surface area contributed by atoms with E-state index in [1.807, 2.05) is 23.7 Å². The molecule has 1 heterocycles. The average molecular weight is 339 g/mol. The molecule has 108 valence electrons. The van der Waals surface area contributed by atoms with Crippen molar-refractivity contribution < 1.29 is 5.11 Å². The molecule has 3 nitrogen and oxygen atoms in total. The summed E-state index contributed by atoms with van der Waals surface area (Å²) in [5.74, 6) is 0. The van der Waals surface area contributed by atoms with Crippen LogP contribution in [0.25, 0.3) is 10.2 Å². The Balaban J connectivity index is 1.72. The first-order valence-corrected chi connectivity index (χ1v) is 7.97. The van der Waals surface area contributed by atoms with Crippen molar-refractivity contribution in [1.29, 1.82) is 0 Å². The van der Waals surface area contributed by atoms with Crippen molar-refractivity contribution in [2.75, 3.05) is 11.9 Å². The molecule has 0 aliphatic rings. The van der Waals surface area contributed by atoms with Crippen LogP contribution in [0.1, 0.15) is 11.7 Å². The van der Waals surface area contributed by atoms with Gasteiger partial charge >= 0.3 is 0 Å². The molecule has 0 fully saturated rings. The molecule has 3 aromatic rings. The monoisotopic (exact) mass is 338 g/mol. The number of halogens is 2. The number of nitrogens with one attached hydrogen (secondary N) is 1. The Hall–Kier alpha value is -1.33. The molecule has 2 aromatic carbocycles. The zero-order valence-corrected chi connectivity index (χ0v) is 13.2. The third-order valence-corrected chi connectivity index (χ3v) is 4.52. The number of fused-ring (bicyclic) bond motifs is 1. The Kier molecular flexibility index (Phi) is 4.31. The van der Waals surface area contributed by atoms with Crippen LogP contribution < -0.4 is 5.32 Å². The van der Waals surface area contributed by atoms with Crippen LogP contribution in [0.2, 0.25) is 10.0 Å². The first kappa shape index (κ1) is 14.6. The van der Waals surface area contributed by atoms with Crippen LogP contribution in [0.15, 0.2) is 41.9 Å². The standard InChI is InChI=1S/C15H12Cl2N2OS/c16-9-1-3-12(17)11(5-9)14(20)7-18-10-2-4-13-15(6-10)21-8-19-13/h1-6,8,14,18,20H,7H2. The minimum absolute atomic E-state index is 0.352. The SMILES string of the molecule is OC(CNc1ccc2ncsc2c1)c1cc(Cl)ccc1Cl. The number of thiazole rings is 1. The third-order valence-electron chi connectivity index (χ3n) is 3.15. The molecule has 0 aliphatic carbocycles. The predicted molar refractivity (Wildman–Crippen MR) is 89.5 cm³/mol. The van der Waals surface area contributed by atoms with Gasteiger partial charge in [-0.3, -0.25) is 0 Å². The highest BCUT2D eigenvalue weighted by Gasteiger charge is 2.12. The van der Waals surface area contributed by atoms with Gasteiger partial charge in [-0.15, -0.1) is 11.3 Å². The van der Waals surface area contributed by atoms with Gasteiger partial charge in [0, 0.05) is 27.8 Å². The van der Waals surface area contributed by atoms with Crippen molar-refractivity contribution >= 4 is 50.4 Å². The third kappa shape index (κ3) is 3.30. The van der Waals surface area contributed by atoms with E-state index in [1.54, 1.807) is 29.5 Å². The number of hydrogen-bond donors (Lipinski definition) is 2. The molecule has 6 heteroatoms. The topological polar surface area (TPSA) is 45.1 Å². The van der Waals surface area contributed by atoms with Crippen molar-refractivity contribution in [2.45, 2.75) is 6.10 Å². The minimum atomic E-state index is -0.728. The van der Waals surface area contributed by atoms with Gasteiger partial charge < -0.3 is 10.4 Å². The summed E-state index contributed by atoms with van der Waals surface area (Å²) in [6, 6.07) is 11.0. The van der Waals surface area contributed by atoms with E-state index in [4.69, 9.17) is 23.2 Å². The Bertz CT molecular complexity index is 775. The van der Waals surface area contributed by atoms with Crippen molar-refractivity contribution in [3.63, 3.8) is 0 Å². The maximum Gasteiger partial charge on any atom is 0.0977 e. The number of aliphatic hydroxyl groups excluding tert-OH is 1. The Labute approximate surface area is 136 Å². The zero-order chi connectivity index (χ0) is 14.8. The molecule has 0 saturated carbocycles. The first-order valence-electron chi connectivity index (χ1n) is 6.33. The van der Waals surface area contributed by atoms with Gasteiger partial charge in [0.2, 0.25) is 0 Å². The van der Waals surface area contributed by atoms with Gasteiger partial charge in [-0.25, -0.2) is 4.98 Å². The molecular formula is C15H12Cl2N2OS. The summed E-state index contributed by atoms with van der Waals surface area (Å²) < 4.78 is 1.11. The van der Waals surface area contributed by atoms with Gasteiger partial charge in [-0.05, 0) is 36.4 Å². The summed E-state index contributed by atoms with van der Waals surface area (Å²) in [5, 5.41) is 14.5. The van der Waals surface area contributed by atoms with Crippen LogP contribution in [0.5, 0.6) is 0 Å². The quantitative estimate of drug-likeness (QED) is 0.721. The lowest BCUT2D eigenvalue weighted by molar-refractivity contribution is 0.192. The molecule has 0 radical (unpaired) electrons. The average Bonchev–Trinajstić information content (AvgIpc) is 2.94. The van der Waals surface area contributed by atoms with E-state index in [9.17, 15) is 5.11 Å². The summed E-state index contributed by atoms with van der Waals surface area (Å²) in [6.07, 6.45) is -0.728. The molecule has 0 spiro atoms. The van der Waals surface area contributed by atoms with E-state index in [0.29, 0.717) is 22.2 Å². The molecule has 0 saturated heterocycles. The van der Waals surface area contributed by atoms with Gasteiger partial charge in [0.15, 0.2) is 0 Å². The number of aliphatic hydroxyl groups is 1. The normalized spacial score (nSPS) is 12.5. The molecule has 2 N–H and O–H groups in total. The fourth-order valence-corrected chi connectivity index (χ4v) is 3.20. The minimum Gasteiger partial charge on any atom is -0.387 e. The van der Waals surface area contributed by atoms with Gasteiger partial charge in [0.25, 0.3) is 0 Å². The Morgan fingerprint density at radius 1 is 1.19 bits per heavy atom. The highest BCUT2D eigenvalue weighted by atomic mass is 35.5. The molecule has 1 aromatic heterocycles. The van der Waals surface area contributed by atoms with Gasteiger partial charge in [0.05, 0.1) is 21.8 Å². The van der Waals surface area contributed by atoms with Crippen molar-refractivity contribution in [3.05, 3.63) is 57.5 Å². The van der Waals surface area contributed by atoms with E-state index < -0.39 is 6.10 Å². The molecule has 21 heavy (non-hydrogen) atoms. The second-order valence-corrected chi connectivity index (χ2v) is 6.33. The van der Waals surface area contributed by atoms with Crippen molar-refractivity contribution in [3.8, 4) is 0 Å². The highest BCUT2D eigenvalue weighted by molar-refractivity contribution is 7.16. The van der Waals surface area contributed by atoms with Gasteiger partial charge in [-0.1, -0.05) is 23.2 Å². The van der Waals surface area contributed by atoms with Crippen LogP contribution in [-0.4, -0.2) is 16.6 Å². The maximum atomic E-state index is 10.2. The first-order chi connectivity index (χ1) is 10.1. The Morgan fingerprint density at radius 3 is 2.90 bits per heavy atom. The largest absolute Gasteiger partial charge is 0.387 e. The summed E-state index contributed by atoms with van der Waals surface area (Å²) in [4.78, 5) is 4.23. The number of benzene rings is 2. The number of aromatic nitrogens is 1. The summed E-state index contributed by atoms with van der Waals surface area (Å²) in [5.41, 5.74) is 4.35. The number of hydrogen-bond acceptors (Lipinski definition) is 4. The Morgan fingerprint density at radius 2 is 2.05 bits per heavy atom. The highest BCUT2D eigenvalue weighted by Crippen LogP contribution is 2.27. The van der Waals surface area contributed by atoms with Crippen molar-refractivity contribution in [2.24, 2.45) is 0 Å².